The molecule has 2 heterocycles. The molecule has 1 amide bonds. The SMILES string of the molecule is Cl.O=C(N[C@H]1CCCNC1)c1cnccn1. The molecule has 0 aliphatic carbocycles. The number of hydrogen-bond donors (Lipinski definition) is 2. The first-order valence-electron chi connectivity index (χ1n) is 5.14. The lowest BCUT2D eigenvalue weighted by Gasteiger charge is -2.23. The van der Waals surface area contributed by atoms with Crippen molar-refractivity contribution in [2.45, 2.75) is 18.9 Å². The molecule has 0 radical (unpaired) electrons. The summed E-state index contributed by atoms with van der Waals surface area (Å²) in [5.41, 5.74) is 0.378. The quantitative estimate of drug-likeness (QED) is 0.787. The van der Waals surface area contributed by atoms with Crippen molar-refractivity contribution in [1.29, 1.82) is 0 Å². The van der Waals surface area contributed by atoms with Gasteiger partial charge in [0.25, 0.3) is 5.91 Å². The van der Waals surface area contributed by atoms with Gasteiger partial charge < -0.3 is 10.6 Å². The average Bonchev–Trinajstić information content (AvgIpc) is 2.31. The van der Waals surface area contributed by atoms with Crippen LogP contribution in [0.2, 0.25) is 0 Å². The van der Waals surface area contributed by atoms with Crippen molar-refractivity contribution in [3.05, 3.63) is 24.3 Å². The van der Waals surface area contributed by atoms with Crippen LogP contribution in [0, 0.1) is 0 Å². The number of nitrogens with one attached hydrogen (secondary N) is 2. The van der Waals surface area contributed by atoms with E-state index in [1.807, 2.05) is 0 Å². The molecule has 1 fully saturated rings. The molecule has 1 aliphatic heterocycles. The zero-order chi connectivity index (χ0) is 10.5. The van der Waals surface area contributed by atoms with E-state index in [0.29, 0.717) is 5.69 Å². The van der Waals surface area contributed by atoms with Crippen LogP contribution in [0.1, 0.15) is 23.3 Å². The molecule has 0 unspecified atom stereocenters. The molecule has 2 rings (SSSR count). The minimum Gasteiger partial charge on any atom is -0.347 e. The highest BCUT2D eigenvalue weighted by Crippen LogP contribution is 2.02. The van der Waals surface area contributed by atoms with Gasteiger partial charge in [0.1, 0.15) is 5.69 Å². The average molecular weight is 243 g/mol. The summed E-state index contributed by atoms with van der Waals surface area (Å²) in [6.07, 6.45) is 6.68. The summed E-state index contributed by atoms with van der Waals surface area (Å²) in [4.78, 5) is 19.5. The fourth-order valence-corrected chi connectivity index (χ4v) is 1.65. The smallest absolute Gasteiger partial charge is 0.271 e. The molecule has 2 N–H and O–H groups in total. The van der Waals surface area contributed by atoms with Crippen LogP contribution in [0.4, 0.5) is 0 Å². The molecule has 0 aromatic carbocycles. The minimum absolute atomic E-state index is 0. The van der Waals surface area contributed by atoms with E-state index in [9.17, 15) is 4.79 Å². The number of halogens is 1. The first-order valence-corrected chi connectivity index (χ1v) is 5.14. The number of carbonyl (C=O) groups is 1. The number of hydrogen-bond acceptors (Lipinski definition) is 4. The predicted octanol–water partition coefficient (Wildman–Crippen LogP) is 0.380. The van der Waals surface area contributed by atoms with Crippen molar-refractivity contribution >= 4 is 18.3 Å². The van der Waals surface area contributed by atoms with Gasteiger partial charge >= 0.3 is 0 Å². The third-order valence-corrected chi connectivity index (χ3v) is 2.43. The molecule has 6 heteroatoms. The van der Waals surface area contributed by atoms with Crippen molar-refractivity contribution in [2.24, 2.45) is 0 Å². The van der Waals surface area contributed by atoms with E-state index < -0.39 is 0 Å². The fourth-order valence-electron chi connectivity index (χ4n) is 1.65. The molecule has 5 nitrogen and oxygen atoms in total. The Morgan fingerprint density at radius 2 is 2.38 bits per heavy atom. The molecule has 1 aliphatic rings. The van der Waals surface area contributed by atoms with Gasteiger partial charge in [0, 0.05) is 25.0 Å². The maximum atomic E-state index is 11.7. The largest absolute Gasteiger partial charge is 0.347 e. The molecule has 1 saturated heterocycles. The maximum Gasteiger partial charge on any atom is 0.271 e. The Labute approximate surface area is 100 Å². The number of piperidine rings is 1. The lowest BCUT2D eigenvalue weighted by Crippen LogP contribution is -2.45. The van der Waals surface area contributed by atoms with Gasteiger partial charge in [-0.3, -0.25) is 9.78 Å². The molecule has 1 atom stereocenters. The summed E-state index contributed by atoms with van der Waals surface area (Å²) in [7, 11) is 0. The van der Waals surface area contributed by atoms with Crippen LogP contribution in [0.15, 0.2) is 18.6 Å². The molecule has 88 valence electrons. The third kappa shape index (κ3) is 3.43. The summed E-state index contributed by atoms with van der Waals surface area (Å²) < 4.78 is 0. The molecular formula is C10H15ClN4O. The van der Waals surface area contributed by atoms with E-state index in [1.54, 1.807) is 6.20 Å². The molecule has 16 heavy (non-hydrogen) atoms. The van der Waals surface area contributed by atoms with Crippen LogP contribution in [-0.2, 0) is 0 Å². The van der Waals surface area contributed by atoms with Gasteiger partial charge in [0.2, 0.25) is 0 Å². The highest BCUT2D eigenvalue weighted by Gasteiger charge is 2.16. The lowest BCUT2D eigenvalue weighted by atomic mass is 10.1. The van der Waals surface area contributed by atoms with Crippen LogP contribution >= 0.6 is 12.4 Å². The summed E-state index contributed by atoms with van der Waals surface area (Å²) >= 11 is 0. The molecular weight excluding hydrogens is 228 g/mol. The number of amides is 1. The van der Waals surface area contributed by atoms with E-state index in [2.05, 4.69) is 20.6 Å². The van der Waals surface area contributed by atoms with Crippen molar-refractivity contribution in [1.82, 2.24) is 20.6 Å². The Bertz CT molecular complexity index is 327. The first-order chi connectivity index (χ1) is 7.36. The highest BCUT2D eigenvalue weighted by atomic mass is 35.5. The van der Waals surface area contributed by atoms with Gasteiger partial charge in [-0.25, -0.2) is 4.98 Å². The fraction of sp³-hybridized carbons (Fsp3) is 0.500. The normalized spacial score (nSPS) is 19.6. The van der Waals surface area contributed by atoms with Crippen LogP contribution in [-0.4, -0.2) is 35.0 Å². The first kappa shape index (κ1) is 12.9. The molecule has 1 aromatic heterocycles. The zero-order valence-electron chi connectivity index (χ0n) is 8.85. The summed E-state index contributed by atoms with van der Waals surface area (Å²) in [5, 5.41) is 6.17. The van der Waals surface area contributed by atoms with Crippen LogP contribution in [0.3, 0.4) is 0 Å². The van der Waals surface area contributed by atoms with Gasteiger partial charge in [-0.05, 0) is 19.4 Å². The summed E-state index contributed by atoms with van der Waals surface area (Å²) in [6, 6.07) is 0.216. The van der Waals surface area contributed by atoms with E-state index in [1.165, 1.54) is 12.4 Å². The van der Waals surface area contributed by atoms with Crippen LogP contribution < -0.4 is 10.6 Å². The molecule has 0 bridgehead atoms. The second kappa shape index (κ2) is 6.40. The number of carbonyl (C=O) groups excluding carboxylic acids is 1. The van der Waals surface area contributed by atoms with Crippen molar-refractivity contribution < 1.29 is 4.79 Å². The number of nitrogens with zero attached hydrogens (tertiary/aromatic N) is 2. The molecule has 0 saturated carbocycles. The van der Waals surface area contributed by atoms with Gasteiger partial charge in [0.15, 0.2) is 0 Å². The summed E-state index contributed by atoms with van der Waals surface area (Å²) in [5.74, 6) is -0.142. The Hall–Kier alpha value is -1.20. The van der Waals surface area contributed by atoms with E-state index >= 15 is 0 Å². The zero-order valence-corrected chi connectivity index (χ0v) is 9.67. The Morgan fingerprint density at radius 3 is 3.00 bits per heavy atom. The number of rotatable bonds is 2. The van der Waals surface area contributed by atoms with Crippen molar-refractivity contribution in [3.63, 3.8) is 0 Å². The second-order valence-electron chi connectivity index (χ2n) is 3.61. The monoisotopic (exact) mass is 242 g/mol. The Balaban J connectivity index is 0.00000128. The lowest BCUT2D eigenvalue weighted by molar-refractivity contribution is 0.0925. The molecule has 1 aromatic rings. The van der Waals surface area contributed by atoms with E-state index in [4.69, 9.17) is 0 Å². The van der Waals surface area contributed by atoms with Gasteiger partial charge in [-0.15, -0.1) is 12.4 Å². The van der Waals surface area contributed by atoms with Gasteiger partial charge in [0.05, 0.1) is 6.20 Å². The standard InChI is InChI=1S/C10H14N4O.ClH/c15-10(9-7-12-4-5-13-9)14-8-2-1-3-11-6-8;/h4-5,7-8,11H,1-3,6H2,(H,14,15);1H/t8-;/m0./s1. The number of aromatic nitrogens is 2. The van der Waals surface area contributed by atoms with E-state index in [0.717, 1.165) is 25.9 Å². The highest BCUT2D eigenvalue weighted by molar-refractivity contribution is 5.92. The van der Waals surface area contributed by atoms with Crippen LogP contribution in [0.5, 0.6) is 0 Å². The van der Waals surface area contributed by atoms with Crippen molar-refractivity contribution in [2.75, 3.05) is 13.1 Å². The molecule has 0 spiro atoms. The Kier molecular flexibility index (Phi) is 5.14. The maximum absolute atomic E-state index is 11.7. The Morgan fingerprint density at radius 1 is 1.50 bits per heavy atom. The van der Waals surface area contributed by atoms with Gasteiger partial charge in [-0.1, -0.05) is 0 Å². The topological polar surface area (TPSA) is 66.9 Å². The van der Waals surface area contributed by atoms with Crippen LogP contribution in [0.25, 0.3) is 0 Å². The van der Waals surface area contributed by atoms with Gasteiger partial charge in [-0.2, -0.15) is 0 Å². The predicted molar refractivity (Wildman–Crippen MR) is 62.6 cm³/mol. The minimum atomic E-state index is -0.142. The summed E-state index contributed by atoms with van der Waals surface area (Å²) in [6.45, 7) is 1.88. The van der Waals surface area contributed by atoms with Crippen molar-refractivity contribution in [3.8, 4) is 0 Å². The second-order valence-corrected chi connectivity index (χ2v) is 3.61. The van der Waals surface area contributed by atoms with E-state index in [-0.39, 0.29) is 24.4 Å². The third-order valence-electron chi connectivity index (χ3n) is 2.43.